The van der Waals surface area contributed by atoms with Crippen molar-refractivity contribution < 1.29 is 9.90 Å². The molecule has 2 atom stereocenters. The molecular formula is C19H26N4O2. The highest BCUT2D eigenvalue weighted by molar-refractivity contribution is 5.92. The Kier molecular flexibility index (Phi) is 4.92. The zero-order chi connectivity index (χ0) is 18.0. The Morgan fingerprint density at radius 3 is 2.68 bits per heavy atom. The minimum atomic E-state index is -0.966. The largest absolute Gasteiger partial charge is 0.383 e. The number of aryl methyl sites for hydroxylation is 1. The van der Waals surface area contributed by atoms with Gasteiger partial charge in [0.15, 0.2) is 0 Å². The molecule has 25 heavy (non-hydrogen) atoms. The van der Waals surface area contributed by atoms with Crippen LogP contribution < -0.4 is 0 Å². The number of rotatable bonds is 4. The molecule has 3 rings (SSSR count). The second-order valence-electron chi connectivity index (χ2n) is 6.80. The van der Waals surface area contributed by atoms with Crippen LogP contribution in [0.15, 0.2) is 42.6 Å². The van der Waals surface area contributed by atoms with Crippen molar-refractivity contribution in [3.63, 3.8) is 0 Å². The third-order valence-corrected chi connectivity index (χ3v) is 5.13. The molecule has 0 aliphatic carbocycles. The van der Waals surface area contributed by atoms with Gasteiger partial charge in [-0.25, -0.2) is 0 Å². The van der Waals surface area contributed by atoms with E-state index < -0.39 is 5.60 Å². The summed E-state index contributed by atoms with van der Waals surface area (Å²) in [7, 11) is 3.89. The van der Waals surface area contributed by atoms with E-state index in [2.05, 4.69) is 5.10 Å². The Bertz CT molecular complexity index is 728. The van der Waals surface area contributed by atoms with Crippen molar-refractivity contribution in [2.45, 2.75) is 31.5 Å². The van der Waals surface area contributed by atoms with E-state index in [1.165, 1.54) is 0 Å². The number of nitrogens with zero attached hydrogens (tertiary/aromatic N) is 4. The Morgan fingerprint density at radius 2 is 2.04 bits per heavy atom. The Hall–Kier alpha value is -2.18. The summed E-state index contributed by atoms with van der Waals surface area (Å²) >= 11 is 0. The van der Waals surface area contributed by atoms with Crippen LogP contribution in [0, 0.1) is 0 Å². The summed E-state index contributed by atoms with van der Waals surface area (Å²) in [4.78, 5) is 16.7. The van der Waals surface area contributed by atoms with Gasteiger partial charge in [0, 0.05) is 25.8 Å². The number of aromatic nitrogens is 2. The van der Waals surface area contributed by atoms with Crippen LogP contribution in [0.3, 0.4) is 0 Å². The molecule has 0 saturated carbocycles. The van der Waals surface area contributed by atoms with Crippen molar-refractivity contribution in [3.05, 3.63) is 53.9 Å². The standard InChI is InChI=1S/C19H26N4O2/c1-4-23-16(10-12-20-23)18(24)22-13-11-19(25,17(14-22)21(2)3)15-8-6-5-7-9-15/h5-10,12,17,25H,4,11,13-14H2,1-3H3/t17-,19+/m1/s1. The van der Waals surface area contributed by atoms with Crippen molar-refractivity contribution in [2.75, 3.05) is 27.2 Å². The van der Waals surface area contributed by atoms with E-state index in [1.807, 2.05) is 61.2 Å². The SMILES string of the molecule is CCn1nccc1C(=O)N1CC[C@](O)(c2ccccc2)[C@H](N(C)C)C1. The summed E-state index contributed by atoms with van der Waals surface area (Å²) in [6, 6.07) is 11.3. The lowest BCUT2D eigenvalue weighted by molar-refractivity contribution is -0.0811. The average Bonchev–Trinajstić information content (AvgIpc) is 3.10. The number of likely N-dealkylation sites (N-methyl/N-ethyl adjacent to an activating group) is 1. The quantitative estimate of drug-likeness (QED) is 0.916. The van der Waals surface area contributed by atoms with E-state index in [0.717, 1.165) is 5.56 Å². The lowest BCUT2D eigenvalue weighted by Crippen LogP contribution is -2.60. The monoisotopic (exact) mass is 342 g/mol. The van der Waals surface area contributed by atoms with E-state index in [0.29, 0.717) is 31.7 Å². The number of hydrogen-bond acceptors (Lipinski definition) is 4. The lowest BCUT2D eigenvalue weighted by Gasteiger charge is -2.47. The van der Waals surface area contributed by atoms with Gasteiger partial charge in [-0.05, 0) is 39.1 Å². The summed E-state index contributed by atoms with van der Waals surface area (Å²) in [6.07, 6.45) is 2.16. The predicted octanol–water partition coefficient (Wildman–Crippen LogP) is 1.57. The van der Waals surface area contributed by atoms with Gasteiger partial charge in [0.1, 0.15) is 11.3 Å². The van der Waals surface area contributed by atoms with Gasteiger partial charge in [0.25, 0.3) is 5.91 Å². The maximum Gasteiger partial charge on any atom is 0.272 e. The number of piperidine rings is 1. The van der Waals surface area contributed by atoms with Gasteiger partial charge in [0.05, 0.1) is 6.04 Å². The Labute approximate surface area is 148 Å². The first-order valence-electron chi connectivity index (χ1n) is 8.72. The summed E-state index contributed by atoms with van der Waals surface area (Å²) in [5.41, 5.74) is 0.538. The van der Waals surface area contributed by atoms with Crippen LogP contribution in [0.4, 0.5) is 0 Å². The normalized spacial score (nSPS) is 23.9. The molecule has 2 heterocycles. The predicted molar refractivity (Wildman–Crippen MR) is 96.2 cm³/mol. The number of benzene rings is 1. The molecule has 1 saturated heterocycles. The third kappa shape index (κ3) is 3.19. The lowest BCUT2D eigenvalue weighted by atomic mass is 9.79. The molecule has 1 aromatic heterocycles. The van der Waals surface area contributed by atoms with Gasteiger partial charge < -0.3 is 14.9 Å². The first-order chi connectivity index (χ1) is 12.0. The van der Waals surface area contributed by atoms with E-state index in [1.54, 1.807) is 16.9 Å². The minimum absolute atomic E-state index is 0.0266. The summed E-state index contributed by atoms with van der Waals surface area (Å²) in [5.74, 6) is -0.0266. The van der Waals surface area contributed by atoms with Crippen molar-refractivity contribution in [3.8, 4) is 0 Å². The van der Waals surface area contributed by atoms with Crippen LogP contribution in [0.5, 0.6) is 0 Å². The molecule has 134 valence electrons. The molecule has 1 aliphatic heterocycles. The fraction of sp³-hybridized carbons (Fsp3) is 0.474. The summed E-state index contributed by atoms with van der Waals surface area (Å²) < 4.78 is 1.71. The maximum atomic E-state index is 12.9. The van der Waals surface area contributed by atoms with Gasteiger partial charge >= 0.3 is 0 Å². The van der Waals surface area contributed by atoms with Crippen molar-refractivity contribution in [1.82, 2.24) is 19.6 Å². The number of carbonyl (C=O) groups is 1. The molecule has 6 heteroatoms. The third-order valence-electron chi connectivity index (χ3n) is 5.13. The minimum Gasteiger partial charge on any atom is -0.383 e. The molecule has 6 nitrogen and oxygen atoms in total. The van der Waals surface area contributed by atoms with Gasteiger partial charge in [-0.15, -0.1) is 0 Å². The Balaban J connectivity index is 1.86. The fourth-order valence-corrected chi connectivity index (χ4v) is 3.69. The fourth-order valence-electron chi connectivity index (χ4n) is 3.69. The van der Waals surface area contributed by atoms with Gasteiger partial charge in [-0.3, -0.25) is 9.48 Å². The second kappa shape index (κ2) is 6.98. The molecule has 0 radical (unpaired) electrons. The van der Waals surface area contributed by atoms with Crippen LogP contribution >= 0.6 is 0 Å². The van der Waals surface area contributed by atoms with Crippen molar-refractivity contribution >= 4 is 5.91 Å². The summed E-state index contributed by atoms with van der Waals surface area (Å²) in [5, 5.41) is 15.6. The second-order valence-corrected chi connectivity index (χ2v) is 6.80. The average molecular weight is 342 g/mol. The zero-order valence-electron chi connectivity index (χ0n) is 15.1. The molecule has 0 unspecified atom stereocenters. The highest BCUT2D eigenvalue weighted by atomic mass is 16.3. The molecule has 1 aliphatic rings. The topological polar surface area (TPSA) is 61.6 Å². The molecule has 0 spiro atoms. The first kappa shape index (κ1) is 17.6. The van der Waals surface area contributed by atoms with Crippen LogP contribution in [0.1, 0.15) is 29.4 Å². The van der Waals surface area contributed by atoms with Gasteiger partial charge in [-0.1, -0.05) is 30.3 Å². The van der Waals surface area contributed by atoms with Gasteiger partial charge in [-0.2, -0.15) is 5.10 Å². The number of aliphatic hydroxyl groups is 1. The van der Waals surface area contributed by atoms with Crippen LogP contribution in [0.25, 0.3) is 0 Å². The summed E-state index contributed by atoms with van der Waals surface area (Å²) in [6.45, 7) is 3.62. The number of hydrogen-bond donors (Lipinski definition) is 1. The van der Waals surface area contributed by atoms with Crippen LogP contribution in [-0.2, 0) is 12.1 Å². The smallest absolute Gasteiger partial charge is 0.272 e. The number of likely N-dealkylation sites (tertiary alicyclic amines) is 1. The van der Waals surface area contributed by atoms with Crippen molar-refractivity contribution in [1.29, 1.82) is 0 Å². The number of carbonyl (C=O) groups excluding carboxylic acids is 1. The first-order valence-corrected chi connectivity index (χ1v) is 8.72. The van der Waals surface area contributed by atoms with E-state index in [4.69, 9.17) is 0 Å². The van der Waals surface area contributed by atoms with Crippen molar-refractivity contribution in [2.24, 2.45) is 0 Å². The number of amides is 1. The molecule has 1 N–H and O–H groups in total. The molecule has 1 amide bonds. The molecule has 1 aromatic carbocycles. The van der Waals surface area contributed by atoms with Gasteiger partial charge in [0.2, 0.25) is 0 Å². The van der Waals surface area contributed by atoms with Crippen LogP contribution in [0.2, 0.25) is 0 Å². The van der Waals surface area contributed by atoms with Crippen LogP contribution in [-0.4, -0.2) is 63.8 Å². The van der Waals surface area contributed by atoms with E-state index >= 15 is 0 Å². The molecular weight excluding hydrogens is 316 g/mol. The zero-order valence-corrected chi connectivity index (χ0v) is 15.1. The highest BCUT2D eigenvalue weighted by Gasteiger charge is 2.45. The Morgan fingerprint density at radius 1 is 1.32 bits per heavy atom. The molecule has 1 fully saturated rings. The highest BCUT2D eigenvalue weighted by Crippen LogP contribution is 2.35. The molecule has 0 bridgehead atoms. The maximum absolute atomic E-state index is 12.9. The van der Waals surface area contributed by atoms with E-state index in [9.17, 15) is 9.90 Å². The molecule has 2 aromatic rings. The van der Waals surface area contributed by atoms with E-state index in [-0.39, 0.29) is 11.9 Å².